The maximum Gasteiger partial charge on any atom is 0.240 e. The zero-order chi connectivity index (χ0) is 14.7. The van der Waals surface area contributed by atoms with Gasteiger partial charge in [-0.05, 0) is 36.1 Å². The monoisotopic (exact) mass is 307 g/mol. The Hall–Kier alpha value is -0.650. The van der Waals surface area contributed by atoms with Gasteiger partial charge in [0.05, 0.1) is 4.90 Å². The van der Waals surface area contributed by atoms with Crippen LogP contribution >= 0.6 is 11.6 Å². The maximum atomic E-state index is 12.8. The van der Waals surface area contributed by atoms with Gasteiger partial charge >= 0.3 is 0 Å². The fraction of sp³-hybridized carbons (Fsp3) is 0.538. The van der Waals surface area contributed by atoms with E-state index in [4.69, 9.17) is 11.6 Å². The number of hydrogen-bond donors (Lipinski definition) is 1. The lowest BCUT2D eigenvalue weighted by atomic mass is 9.86. The molecule has 0 bridgehead atoms. The first kappa shape index (κ1) is 16.4. The lowest BCUT2D eigenvalue weighted by molar-refractivity contribution is 0.292. The van der Waals surface area contributed by atoms with Crippen molar-refractivity contribution in [1.29, 1.82) is 0 Å². The third-order valence-corrected chi connectivity index (χ3v) is 4.57. The third-order valence-electron chi connectivity index (χ3n) is 2.86. The first-order valence-electron chi connectivity index (χ1n) is 6.00. The van der Waals surface area contributed by atoms with Crippen LogP contribution in [-0.4, -0.2) is 20.3 Å². The van der Waals surface area contributed by atoms with Gasteiger partial charge in [-0.2, -0.15) is 0 Å². The summed E-state index contributed by atoms with van der Waals surface area (Å²) in [6.07, 6.45) is 0.533. The smallest absolute Gasteiger partial charge is 0.208 e. The topological polar surface area (TPSA) is 46.2 Å². The van der Waals surface area contributed by atoms with Crippen molar-refractivity contribution >= 4 is 21.6 Å². The summed E-state index contributed by atoms with van der Waals surface area (Å²) in [5.41, 5.74) is -0.248. The second-order valence-corrected chi connectivity index (χ2v) is 7.56. The Morgan fingerprint density at radius 2 is 1.79 bits per heavy atom. The minimum atomic E-state index is -3.66. The van der Waals surface area contributed by atoms with Gasteiger partial charge in [-0.15, -0.1) is 11.6 Å². The van der Waals surface area contributed by atoms with E-state index in [1.54, 1.807) is 0 Å². The van der Waals surface area contributed by atoms with Crippen molar-refractivity contribution in [2.45, 2.75) is 38.1 Å². The highest BCUT2D eigenvalue weighted by molar-refractivity contribution is 7.89. The highest BCUT2D eigenvalue weighted by Gasteiger charge is 2.29. The van der Waals surface area contributed by atoms with Gasteiger partial charge in [0.25, 0.3) is 0 Å². The molecule has 0 aromatic heterocycles. The maximum absolute atomic E-state index is 12.8. The molecule has 1 aromatic carbocycles. The minimum absolute atomic E-state index is 0.0534. The lowest BCUT2D eigenvalue weighted by Crippen LogP contribution is -2.43. The van der Waals surface area contributed by atoms with Crippen molar-refractivity contribution in [2.75, 3.05) is 5.88 Å². The molecule has 0 amide bonds. The standard InChI is InChI=1S/C13H19ClFNO2S/c1-13(2,3)12(8-9-14)16-19(17,18)11-6-4-10(15)5-7-11/h4-7,12,16H,8-9H2,1-3H3. The Labute approximate surface area is 119 Å². The summed E-state index contributed by atoms with van der Waals surface area (Å²) in [6.45, 7) is 5.83. The molecule has 0 aliphatic rings. The lowest BCUT2D eigenvalue weighted by Gasteiger charge is -2.30. The van der Waals surface area contributed by atoms with E-state index >= 15 is 0 Å². The van der Waals surface area contributed by atoms with Crippen LogP contribution in [0.4, 0.5) is 4.39 Å². The van der Waals surface area contributed by atoms with Gasteiger partial charge in [0.2, 0.25) is 10.0 Å². The molecule has 19 heavy (non-hydrogen) atoms. The average Bonchev–Trinajstić information content (AvgIpc) is 2.27. The first-order chi connectivity index (χ1) is 8.66. The van der Waals surface area contributed by atoms with E-state index in [1.807, 2.05) is 20.8 Å². The number of halogens is 2. The van der Waals surface area contributed by atoms with E-state index in [9.17, 15) is 12.8 Å². The van der Waals surface area contributed by atoms with Crippen LogP contribution in [0.25, 0.3) is 0 Å². The Balaban J connectivity index is 2.97. The number of sulfonamides is 1. The molecule has 1 atom stereocenters. The van der Waals surface area contributed by atoms with Crippen LogP contribution in [0, 0.1) is 11.2 Å². The average molecular weight is 308 g/mol. The van der Waals surface area contributed by atoms with Gasteiger partial charge in [0, 0.05) is 11.9 Å². The van der Waals surface area contributed by atoms with Crippen LogP contribution in [0.15, 0.2) is 29.2 Å². The van der Waals surface area contributed by atoms with E-state index in [1.165, 1.54) is 12.1 Å². The molecular weight excluding hydrogens is 289 g/mol. The van der Waals surface area contributed by atoms with Crippen LogP contribution in [0.3, 0.4) is 0 Å². The normalized spacial score (nSPS) is 14.4. The highest BCUT2D eigenvalue weighted by atomic mass is 35.5. The predicted octanol–water partition coefficient (Wildman–Crippen LogP) is 3.15. The Morgan fingerprint density at radius 3 is 2.21 bits per heavy atom. The second kappa shape index (κ2) is 6.20. The molecular formula is C13H19ClFNO2S. The molecule has 0 saturated heterocycles. The van der Waals surface area contributed by atoms with Crippen molar-refractivity contribution in [3.05, 3.63) is 30.1 Å². The molecule has 0 spiro atoms. The number of alkyl halides is 1. The number of rotatable bonds is 5. The molecule has 1 aromatic rings. The van der Waals surface area contributed by atoms with Gasteiger partial charge in [-0.1, -0.05) is 20.8 Å². The largest absolute Gasteiger partial charge is 0.240 e. The van der Waals surface area contributed by atoms with E-state index in [2.05, 4.69) is 4.72 Å². The quantitative estimate of drug-likeness (QED) is 0.849. The Morgan fingerprint density at radius 1 is 1.26 bits per heavy atom. The second-order valence-electron chi connectivity index (χ2n) is 5.47. The summed E-state index contributed by atoms with van der Waals surface area (Å²) in [5, 5.41) is 0. The third kappa shape index (κ3) is 4.75. The van der Waals surface area contributed by atoms with E-state index < -0.39 is 15.8 Å². The van der Waals surface area contributed by atoms with Crippen LogP contribution in [0.2, 0.25) is 0 Å². The summed E-state index contributed by atoms with van der Waals surface area (Å²) in [6, 6.07) is 4.47. The molecule has 6 heteroatoms. The van der Waals surface area contributed by atoms with E-state index in [-0.39, 0.29) is 16.4 Å². The fourth-order valence-corrected chi connectivity index (χ4v) is 3.34. The van der Waals surface area contributed by atoms with Gasteiger partial charge in [-0.25, -0.2) is 17.5 Å². The first-order valence-corrected chi connectivity index (χ1v) is 8.02. The highest BCUT2D eigenvalue weighted by Crippen LogP contribution is 2.24. The van der Waals surface area contributed by atoms with Crippen molar-refractivity contribution < 1.29 is 12.8 Å². The van der Waals surface area contributed by atoms with Gasteiger partial charge in [-0.3, -0.25) is 0 Å². The number of nitrogens with one attached hydrogen (secondary N) is 1. The Kier molecular flexibility index (Phi) is 5.35. The molecule has 0 saturated carbocycles. The molecule has 0 radical (unpaired) electrons. The fourth-order valence-electron chi connectivity index (χ4n) is 1.65. The molecule has 0 aliphatic carbocycles. The van der Waals surface area contributed by atoms with Crippen molar-refractivity contribution in [1.82, 2.24) is 4.72 Å². The summed E-state index contributed by atoms with van der Waals surface area (Å²) in [5.74, 6) is -0.0967. The van der Waals surface area contributed by atoms with Gasteiger partial charge < -0.3 is 0 Å². The van der Waals surface area contributed by atoms with Gasteiger partial charge in [0.1, 0.15) is 5.82 Å². The minimum Gasteiger partial charge on any atom is -0.208 e. The summed E-state index contributed by atoms with van der Waals surface area (Å²) in [4.78, 5) is 0.0534. The van der Waals surface area contributed by atoms with Crippen LogP contribution in [0.5, 0.6) is 0 Å². The molecule has 1 rings (SSSR count). The van der Waals surface area contributed by atoms with E-state index in [0.29, 0.717) is 12.3 Å². The number of hydrogen-bond acceptors (Lipinski definition) is 2. The van der Waals surface area contributed by atoms with Gasteiger partial charge in [0.15, 0.2) is 0 Å². The molecule has 0 heterocycles. The zero-order valence-corrected chi connectivity index (χ0v) is 12.9. The van der Waals surface area contributed by atoms with Crippen molar-refractivity contribution in [2.24, 2.45) is 5.41 Å². The van der Waals surface area contributed by atoms with Crippen LogP contribution in [-0.2, 0) is 10.0 Å². The van der Waals surface area contributed by atoms with Crippen LogP contribution in [0.1, 0.15) is 27.2 Å². The SMILES string of the molecule is CC(C)(C)C(CCCl)NS(=O)(=O)c1ccc(F)cc1. The molecule has 0 aliphatic heterocycles. The summed E-state index contributed by atoms with van der Waals surface area (Å²) in [7, 11) is -3.66. The predicted molar refractivity (Wildman–Crippen MR) is 75.3 cm³/mol. The molecule has 0 fully saturated rings. The van der Waals surface area contributed by atoms with E-state index in [0.717, 1.165) is 12.1 Å². The van der Waals surface area contributed by atoms with Crippen molar-refractivity contribution in [3.8, 4) is 0 Å². The molecule has 3 nitrogen and oxygen atoms in total. The molecule has 108 valence electrons. The summed E-state index contributed by atoms with van der Waals surface area (Å²) < 4.78 is 39.8. The van der Waals surface area contributed by atoms with Crippen molar-refractivity contribution in [3.63, 3.8) is 0 Å². The zero-order valence-electron chi connectivity index (χ0n) is 11.3. The molecule has 1 N–H and O–H groups in total. The van der Waals surface area contributed by atoms with Crippen LogP contribution < -0.4 is 4.72 Å². The number of benzene rings is 1. The Bertz CT molecular complexity index is 508. The molecule has 1 unspecified atom stereocenters. The summed E-state index contributed by atoms with van der Waals surface area (Å²) >= 11 is 5.71.